The molecule has 86 valence electrons. The van der Waals surface area contributed by atoms with Gasteiger partial charge in [-0.15, -0.1) is 0 Å². The van der Waals surface area contributed by atoms with Crippen LogP contribution in [-0.2, 0) is 9.53 Å². The Morgan fingerprint density at radius 3 is 2.67 bits per heavy atom. The zero-order chi connectivity index (χ0) is 10.7. The zero-order valence-corrected chi connectivity index (χ0v) is 9.34. The molecule has 0 heterocycles. The summed E-state index contributed by atoms with van der Waals surface area (Å²) < 4.78 is 5.43. The zero-order valence-electron chi connectivity index (χ0n) is 9.34. The highest BCUT2D eigenvalue weighted by Crippen LogP contribution is 2.34. The highest BCUT2D eigenvalue weighted by molar-refractivity contribution is 5.78. The van der Waals surface area contributed by atoms with E-state index in [0.717, 1.165) is 12.8 Å². The van der Waals surface area contributed by atoms with Gasteiger partial charge < -0.3 is 15.4 Å². The second-order valence-electron chi connectivity index (χ2n) is 4.67. The predicted molar refractivity (Wildman–Crippen MR) is 57.6 cm³/mol. The Morgan fingerprint density at radius 2 is 2.20 bits per heavy atom. The lowest BCUT2D eigenvalue weighted by molar-refractivity contribution is -0.124. The standard InChI is InChI=1S/C11H20N2O2/c1-15-11(5-2-6-11)8-13-10(14)7-12-9-3-4-9/h9,12H,2-8H2,1H3,(H,13,14). The smallest absolute Gasteiger partial charge is 0.234 e. The fourth-order valence-electron chi connectivity index (χ4n) is 1.87. The number of carbonyl (C=O) groups excluding carboxylic acids is 1. The van der Waals surface area contributed by atoms with Gasteiger partial charge in [-0.1, -0.05) is 0 Å². The van der Waals surface area contributed by atoms with Crippen LogP contribution in [0.3, 0.4) is 0 Å². The van der Waals surface area contributed by atoms with Crippen LogP contribution in [-0.4, -0.2) is 37.7 Å². The van der Waals surface area contributed by atoms with Gasteiger partial charge in [0.1, 0.15) is 0 Å². The lowest BCUT2D eigenvalue weighted by Crippen LogP contribution is -2.50. The molecule has 0 atom stereocenters. The van der Waals surface area contributed by atoms with E-state index in [-0.39, 0.29) is 11.5 Å². The molecule has 0 aliphatic heterocycles. The summed E-state index contributed by atoms with van der Waals surface area (Å²) in [6.45, 7) is 1.11. The van der Waals surface area contributed by atoms with Crippen molar-refractivity contribution in [1.82, 2.24) is 10.6 Å². The number of ether oxygens (including phenoxy) is 1. The molecule has 2 aliphatic carbocycles. The van der Waals surface area contributed by atoms with Crippen molar-refractivity contribution in [3.05, 3.63) is 0 Å². The summed E-state index contributed by atoms with van der Waals surface area (Å²) in [6.07, 6.45) is 5.79. The number of amides is 1. The average molecular weight is 212 g/mol. The van der Waals surface area contributed by atoms with E-state index in [1.807, 2.05) is 0 Å². The Labute approximate surface area is 90.8 Å². The minimum Gasteiger partial charge on any atom is -0.376 e. The van der Waals surface area contributed by atoms with Crippen LogP contribution >= 0.6 is 0 Å². The van der Waals surface area contributed by atoms with E-state index in [9.17, 15) is 4.79 Å². The van der Waals surface area contributed by atoms with Crippen LogP contribution in [0, 0.1) is 0 Å². The molecule has 0 spiro atoms. The molecule has 15 heavy (non-hydrogen) atoms. The molecule has 2 N–H and O–H groups in total. The third-order valence-electron chi connectivity index (χ3n) is 3.43. The summed E-state index contributed by atoms with van der Waals surface area (Å²) in [5.41, 5.74) is -0.0603. The Hall–Kier alpha value is -0.610. The summed E-state index contributed by atoms with van der Waals surface area (Å²) in [6, 6.07) is 0.593. The van der Waals surface area contributed by atoms with E-state index >= 15 is 0 Å². The highest BCUT2D eigenvalue weighted by atomic mass is 16.5. The maximum atomic E-state index is 11.4. The van der Waals surface area contributed by atoms with Crippen LogP contribution in [0.15, 0.2) is 0 Å². The molecule has 0 saturated heterocycles. The number of nitrogens with one attached hydrogen (secondary N) is 2. The number of hydrogen-bond donors (Lipinski definition) is 2. The summed E-state index contributed by atoms with van der Waals surface area (Å²) >= 11 is 0. The van der Waals surface area contributed by atoms with E-state index < -0.39 is 0 Å². The molecular weight excluding hydrogens is 192 g/mol. The summed E-state index contributed by atoms with van der Waals surface area (Å²) in [5.74, 6) is 0.0882. The third kappa shape index (κ3) is 2.92. The first-order valence-corrected chi connectivity index (χ1v) is 5.79. The Balaban J connectivity index is 1.60. The van der Waals surface area contributed by atoms with Crippen molar-refractivity contribution in [2.45, 2.75) is 43.7 Å². The normalized spacial score (nSPS) is 23.3. The van der Waals surface area contributed by atoms with E-state index in [1.54, 1.807) is 7.11 Å². The van der Waals surface area contributed by atoms with Gasteiger partial charge in [0.2, 0.25) is 5.91 Å². The van der Waals surface area contributed by atoms with Crippen molar-refractivity contribution in [2.75, 3.05) is 20.2 Å². The average Bonchev–Trinajstić information content (AvgIpc) is 2.97. The number of rotatable bonds is 6. The minimum absolute atomic E-state index is 0.0603. The van der Waals surface area contributed by atoms with Gasteiger partial charge in [-0.3, -0.25) is 4.79 Å². The summed E-state index contributed by atoms with van der Waals surface area (Å²) in [4.78, 5) is 11.4. The minimum atomic E-state index is -0.0603. The molecular formula is C11H20N2O2. The molecule has 2 saturated carbocycles. The van der Waals surface area contributed by atoms with Gasteiger partial charge in [0.15, 0.2) is 0 Å². The van der Waals surface area contributed by atoms with Gasteiger partial charge in [-0.05, 0) is 32.1 Å². The van der Waals surface area contributed by atoms with Crippen molar-refractivity contribution in [3.63, 3.8) is 0 Å². The van der Waals surface area contributed by atoms with E-state index in [2.05, 4.69) is 10.6 Å². The molecule has 2 fully saturated rings. The van der Waals surface area contributed by atoms with Gasteiger partial charge in [0.25, 0.3) is 0 Å². The first kappa shape index (κ1) is 10.9. The number of carbonyl (C=O) groups is 1. The van der Waals surface area contributed by atoms with Crippen LogP contribution in [0.1, 0.15) is 32.1 Å². The lowest BCUT2D eigenvalue weighted by Gasteiger charge is -2.40. The Bertz CT molecular complexity index is 229. The van der Waals surface area contributed by atoms with Crippen LogP contribution in [0.4, 0.5) is 0 Å². The summed E-state index contributed by atoms with van der Waals surface area (Å²) in [5, 5.41) is 6.13. The topological polar surface area (TPSA) is 50.4 Å². The molecule has 2 rings (SSSR count). The van der Waals surface area contributed by atoms with Gasteiger partial charge in [-0.2, -0.15) is 0 Å². The Morgan fingerprint density at radius 1 is 1.47 bits per heavy atom. The maximum Gasteiger partial charge on any atom is 0.234 e. The molecule has 0 bridgehead atoms. The molecule has 0 aromatic rings. The van der Waals surface area contributed by atoms with Gasteiger partial charge >= 0.3 is 0 Å². The monoisotopic (exact) mass is 212 g/mol. The van der Waals surface area contributed by atoms with Gasteiger partial charge in [-0.25, -0.2) is 0 Å². The van der Waals surface area contributed by atoms with Gasteiger partial charge in [0.05, 0.1) is 12.1 Å². The van der Waals surface area contributed by atoms with E-state index in [4.69, 9.17) is 4.74 Å². The Kier molecular flexibility index (Phi) is 3.26. The van der Waals surface area contributed by atoms with Crippen LogP contribution in [0.2, 0.25) is 0 Å². The van der Waals surface area contributed by atoms with Crippen LogP contribution in [0.5, 0.6) is 0 Å². The van der Waals surface area contributed by atoms with Crippen molar-refractivity contribution >= 4 is 5.91 Å². The van der Waals surface area contributed by atoms with Crippen LogP contribution in [0.25, 0.3) is 0 Å². The lowest BCUT2D eigenvalue weighted by atomic mass is 9.80. The van der Waals surface area contributed by atoms with Crippen molar-refractivity contribution in [2.24, 2.45) is 0 Å². The molecule has 1 amide bonds. The predicted octanol–water partition coefficient (Wildman–Crippen LogP) is 0.424. The highest BCUT2D eigenvalue weighted by Gasteiger charge is 2.37. The molecule has 4 heteroatoms. The first-order valence-electron chi connectivity index (χ1n) is 5.79. The third-order valence-corrected chi connectivity index (χ3v) is 3.43. The quantitative estimate of drug-likeness (QED) is 0.671. The second-order valence-corrected chi connectivity index (χ2v) is 4.67. The van der Waals surface area contributed by atoms with Crippen molar-refractivity contribution in [3.8, 4) is 0 Å². The molecule has 0 aromatic carbocycles. The van der Waals surface area contributed by atoms with Crippen LogP contribution < -0.4 is 10.6 Å². The van der Waals surface area contributed by atoms with E-state index in [0.29, 0.717) is 19.1 Å². The van der Waals surface area contributed by atoms with Crippen molar-refractivity contribution < 1.29 is 9.53 Å². The molecule has 2 aliphatic rings. The fourth-order valence-corrected chi connectivity index (χ4v) is 1.87. The number of methoxy groups -OCH3 is 1. The maximum absolute atomic E-state index is 11.4. The SMILES string of the molecule is COC1(CNC(=O)CNC2CC2)CCC1. The second kappa shape index (κ2) is 4.49. The molecule has 4 nitrogen and oxygen atoms in total. The first-order chi connectivity index (χ1) is 7.24. The number of hydrogen-bond acceptors (Lipinski definition) is 3. The van der Waals surface area contributed by atoms with E-state index in [1.165, 1.54) is 19.3 Å². The van der Waals surface area contributed by atoms with Gasteiger partial charge in [0, 0.05) is 19.7 Å². The summed E-state index contributed by atoms with van der Waals surface area (Å²) in [7, 11) is 1.73. The van der Waals surface area contributed by atoms with Crippen molar-refractivity contribution in [1.29, 1.82) is 0 Å². The molecule has 0 radical (unpaired) electrons. The molecule has 0 aromatic heterocycles. The largest absolute Gasteiger partial charge is 0.376 e. The fraction of sp³-hybridized carbons (Fsp3) is 0.909. The molecule has 0 unspecified atom stereocenters.